The van der Waals surface area contributed by atoms with E-state index in [4.69, 9.17) is 11.6 Å². The molecule has 0 radical (unpaired) electrons. The Morgan fingerprint density at radius 3 is 2.47 bits per heavy atom. The number of aromatic nitrogens is 3. The van der Waals surface area contributed by atoms with Gasteiger partial charge < -0.3 is 5.32 Å². The molecular weight excluding hydrogens is 264 g/mol. The second kappa shape index (κ2) is 5.01. The molecule has 1 heterocycles. The van der Waals surface area contributed by atoms with Gasteiger partial charge in [0.25, 0.3) is 5.56 Å². The summed E-state index contributed by atoms with van der Waals surface area (Å²) in [5.74, 6) is 0.270. The van der Waals surface area contributed by atoms with Crippen LogP contribution in [-0.4, -0.2) is 15.2 Å². The highest BCUT2D eigenvalue weighted by atomic mass is 35.5. The van der Waals surface area contributed by atoms with Crippen molar-refractivity contribution < 1.29 is 0 Å². The summed E-state index contributed by atoms with van der Waals surface area (Å²) >= 11 is 6.02. The molecule has 0 aliphatic heterocycles. The van der Waals surface area contributed by atoms with Gasteiger partial charge in [0, 0.05) is 5.41 Å². The smallest absolute Gasteiger partial charge is 0.274 e. The molecule has 100 valence electrons. The van der Waals surface area contributed by atoms with E-state index >= 15 is 0 Å². The molecule has 0 aliphatic carbocycles. The third kappa shape index (κ3) is 3.12. The first-order valence-electron chi connectivity index (χ1n) is 5.87. The van der Waals surface area contributed by atoms with Crippen molar-refractivity contribution in [1.82, 2.24) is 15.2 Å². The molecule has 0 saturated carbocycles. The standard InChI is InChI=1S/C13H15ClN4O/c1-13(2,3)10-11(19)16-12(18-17-10)15-9-7-5-4-6-8(9)14/h4-7H,1-3H3,(H2,15,16,18,19). The molecule has 2 rings (SSSR count). The summed E-state index contributed by atoms with van der Waals surface area (Å²) in [6.07, 6.45) is 0. The van der Waals surface area contributed by atoms with Crippen molar-refractivity contribution in [2.75, 3.05) is 5.32 Å². The van der Waals surface area contributed by atoms with Crippen molar-refractivity contribution in [2.45, 2.75) is 26.2 Å². The normalized spacial score (nSPS) is 11.4. The number of hydrogen-bond donors (Lipinski definition) is 2. The molecule has 0 amide bonds. The predicted molar refractivity (Wildman–Crippen MR) is 76.1 cm³/mol. The lowest BCUT2D eigenvalue weighted by Crippen LogP contribution is -2.28. The number of para-hydroxylation sites is 1. The summed E-state index contributed by atoms with van der Waals surface area (Å²) in [5.41, 5.74) is 0.468. The van der Waals surface area contributed by atoms with Gasteiger partial charge in [-0.3, -0.25) is 9.78 Å². The van der Waals surface area contributed by atoms with Gasteiger partial charge in [0.1, 0.15) is 5.69 Å². The van der Waals surface area contributed by atoms with Crippen LogP contribution in [0.4, 0.5) is 11.6 Å². The molecular formula is C13H15ClN4O. The van der Waals surface area contributed by atoms with Crippen molar-refractivity contribution in [3.63, 3.8) is 0 Å². The monoisotopic (exact) mass is 278 g/mol. The summed E-state index contributed by atoms with van der Waals surface area (Å²) in [6, 6.07) is 7.20. The van der Waals surface area contributed by atoms with Crippen LogP contribution in [-0.2, 0) is 5.41 Å². The Kier molecular flexibility index (Phi) is 3.57. The Morgan fingerprint density at radius 1 is 1.21 bits per heavy atom. The van der Waals surface area contributed by atoms with Gasteiger partial charge in [-0.15, -0.1) is 10.2 Å². The van der Waals surface area contributed by atoms with Crippen LogP contribution in [0.25, 0.3) is 0 Å². The Hall–Kier alpha value is -1.88. The molecule has 0 aliphatic rings. The fourth-order valence-electron chi connectivity index (χ4n) is 1.57. The van der Waals surface area contributed by atoms with Crippen LogP contribution in [0.5, 0.6) is 0 Å². The minimum Gasteiger partial charge on any atom is -0.323 e. The van der Waals surface area contributed by atoms with Gasteiger partial charge in [-0.25, -0.2) is 0 Å². The number of benzene rings is 1. The first-order valence-corrected chi connectivity index (χ1v) is 6.25. The average Bonchev–Trinajstić information content (AvgIpc) is 2.30. The van der Waals surface area contributed by atoms with Crippen LogP contribution in [0.3, 0.4) is 0 Å². The molecule has 2 N–H and O–H groups in total. The molecule has 0 spiro atoms. The second-order valence-electron chi connectivity index (χ2n) is 5.21. The van der Waals surface area contributed by atoms with Crippen LogP contribution in [0.1, 0.15) is 26.5 Å². The molecule has 5 nitrogen and oxygen atoms in total. The quantitative estimate of drug-likeness (QED) is 0.886. The Morgan fingerprint density at radius 2 is 1.89 bits per heavy atom. The molecule has 6 heteroatoms. The van der Waals surface area contributed by atoms with Crippen LogP contribution in [0.15, 0.2) is 29.1 Å². The van der Waals surface area contributed by atoms with Crippen molar-refractivity contribution in [2.24, 2.45) is 0 Å². The van der Waals surface area contributed by atoms with Crippen LogP contribution in [0, 0.1) is 0 Å². The van der Waals surface area contributed by atoms with Gasteiger partial charge >= 0.3 is 0 Å². The molecule has 0 bridgehead atoms. The lowest BCUT2D eigenvalue weighted by molar-refractivity contribution is 0.547. The number of halogens is 1. The van der Waals surface area contributed by atoms with Crippen LogP contribution >= 0.6 is 11.6 Å². The van der Waals surface area contributed by atoms with E-state index in [0.29, 0.717) is 16.4 Å². The highest BCUT2D eigenvalue weighted by Gasteiger charge is 2.20. The third-order valence-corrected chi connectivity index (χ3v) is 2.86. The Balaban J connectivity index is 2.32. The maximum absolute atomic E-state index is 11.9. The van der Waals surface area contributed by atoms with E-state index in [1.807, 2.05) is 32.9 Å². The van der Waals surface area contributed by atoms with Gasteiger partial charge in [-0.1, -0.05) is 44.5 Å². The fourth-order valence-corrected chi connectivity index (χ4v) is 1.76. The van der Waals surface area contributed by atoms with Crippen LogP contribution < -0.4 is 10.9 Å². The Bertz CT molecular complexity index is 646. The number of rotatable bonds is 2. The van der Waals surface area contributed by atoms with Crippen molar-refractivity contribution in [3.8, 4) is 0 Å². The SMILES string of the molecule is CC(C)(C)c1nnc(Nc2ccccc2Cl)[nH]c1=O. The van der Waals surface area contributed by atoms with Crippen molar-refractivity contribution in [1.29, 1.82) is 0 Å². The number of aromatic amines is 1. The van der Waals surface area contributed by atoms with Crippen molar-refractivity contribution >= 4 is 23.2 Å². The Labute approximate surface area is 116 Å². The lowest BCUT2D eigenvalue weighted by Gasteiger charge is -2.15. The maximum atomic E-state index is 11.9. The zero-order valence-corrected chi connectivity index (χ0v) is 11.7. The first-order chi connectivity index (χ1) is 8.88. The van der Waals surface area contributed by atoms with E-state index in [1.54, 1.807) is 12.1 Å². The maximum Gasteiger partial charge on any atom is 0.274 e. The summed E-state index contributed by atoms with van der Waals surface area (Å²) in [7, 11) is 0. The second-order valence-corrected chi connectivity index (χ2v) is 5.61. The molecule has 0 saturated heterocycles. The molecule has 0 fully saturated rings. The fraction of sp³-hybridized carbons (Fsp3) is 0.308. The minimum absolute atomic E-state index is 0.253. The summed E-state index contributed by atoms with van der Waals surface area (Å²) in [6.45, 7) is 5.73. The average molecular weight is 279 g/mol. The van der Waals surface area contributed by atoms with Crippen LogP contribution in [0.2, 0.25) is 5.02 Å². The zero-order valence-electron chi connectivity index (χ0n) is 11.0. The van der Waals surface area contributed by atoms with E-state index < -0.39 is 0 Å². The van der Waals surface area contributed by atoms with Gasteiger partial charge in [-0.2, -0.15) is 0 Å². The zero-order chi connectivity index (χ0) is 14.0. The first kappa shape index (κ1) is 13.5. The van der Waals surface area contributed by atoms with Crippen molar-refractivity contribution in [3.05, 3.63) is 45.3 Å². The molecule has 2 aromatic rings. The molecule has 0 unspecified atom stereocenters. The summed E-state index contributed by atoms with van der Waals surface area (Å²) in [4.78, 5) is 14.6. The van der Waals surface area contributed by atoms with Gasteiger partial charge in [0.05, 0.1) is 10.7 Å². The van der Waals surface area contributed by atoms with E-state index in [0.717, 1.165) is 0 Å². The van der Waals surface area contributed by atoms with E-state index in [2.05, 4.69) is 20.5 Å². The number of anilines is 2. The molecule has 1 aromatic carbocycles. The van der Waals surface area contributed by atoms with E-state index in [1.165, 1.54) is 0 Å². The summed E-state index contributed by atoms with van der Waals surface area (Å²) < 4.78 is 0. The number of H-pyrrole nitrogens is 1. The third-order valence-electron chi connectivity index (χ3n) is 2.53. The number of nitrogens with one attached hydrogen (secondary N) is 2. The molecule has 1 aromatic heterocycles. The summed E-state index contributed by atoms with van der Waals surface area (Å²) in [5, 5.41) is 11.4. The topological polar surface area (TPSA) is 70.7 Å². The number of hydrogen-bond acceptors (Lipinski definition) is 4. The number of nitrogens with zero attached hydrogens (tertiary/aromatic N) is 2. The lowest BCUT2D eigenvalue weighted by atomic mass is 9.93. The van der Waals surface area contributed by atoms with E-state index in [-0.39, 0.29) is 16.9 Å². The highest BCUT2D eigenvalue weighted by molar-refractivity contribution is 6.33. The van der Waals surface area contributed by atoms with Gasteiger partial charge in [-0.05, 0) is 12.1 Å². The minimum atomic E-state index is -0.344. The molecule has 0 atom stereocenters. The molecule has 19 heavy (non-hydrogen) atoms. The van der Waals surface area contributed by atoms with Gasteiger partial charge in [0.2, 0.25) is 5.95 Å². The predicted octanol–water partition coefficient (Wildman–Crippen LogP) is 2.86. The van der Waals surface area contributed by atoms with E-state index in [9.17, 15) is 4.79 Å². The highest BCUT2D eigenvalue weighted by Crippen LogP contribution is 2.22. The largest absolute Gasteiger partial charge is 0.323 e. The van der Waals surface area contributed by atoms with Gasteiger partial charge in [0.15, 0.2) is 0 Å².